The van der Waals surface area contributed by atoms with Crippen molar-refractivity contribution in [2.75, 3.05) is 24.6 Å². The predicted octanol–water partition coefficient (Wildman–Crippen LogP) is 1.28. The van der Waals surface area contributed by atoms with E-state index >= 15 is 0 Å². The Morgan fingerprint density at radius 1 is 1.26 bits per heavy atom. The Labute approximate surface area is 112 Å². The largest absolute Gasteiger partial charge is 0.399 e. The van der Waals surface area contributed by atoms with Gasteiger partial charge in [0.2, 0.25) is 5.91 Å². The second kappa shape index (κ2) is 5.64. The summed E-state index contributed by atoms with van der Waals surface area (Å²) in [6, 6.07) is 1.80. The number of hydrogen-bond acceptors (Lipinski definition) is 3. The third kappa shape index (κ3) is 3.09. The molecule has 1 unspecified atom stereocenters. The van der Waals surface area contributed by atoms with Gasteiger partial charge in [-0.05, 0) is 25.0 Å². The summed E-state index contributed by atoms with van der Waals surface area (Å²) in [5.41, 5.74) is 5.19. The van der Waals surface area contributed by atoms with Gasteiger partial charge in [-0.3, -0.25) is 9.00 Å². The molecule has 1 amide bonds. The van der Waals surface area contributed by atoms with Crippen molar-refractivity contribution in [2.24, 2.45) is 0 Å². The van der Waals surface area contributed by atoms with Crippen LogP contribution in [-0.2, 0) is 15.6 Å². The van der Waals surface area contributed by atoms with Crippen LogP contribution in [0.15, 0.2) is 17.0 Å². The van der Waals surface area contributed by atoms with E-state index in [2.05, 4.69) is 0 Å². The summed E-state index contributed by atoms with van der Waals surface area (Å²) in [5, 5.41) is 0. The van der Waals surface area contributed by atoms with Gasteiger partial charge in [0.1, 0.15) is 22.3 Å². The van der Waals surface area contributed by atoms with Gasteiger partial charge in [-0.2, -0.15) is 0 Å². The number of benzene rings is 1. The number of anilines is 1. The molecule has 1 aliphatic rings. The fourth-order valence-electron chi connectivity index (χ4n) is 2.04. The van der Waals surface area contributed by atoms with E-state index in [4.69, 9.17) is 5.73 Å². The first-order chi connectivity index (χ1) is 8.99. The number of rotatable bonds is 3. The highest BCUT2D eigenvalue weighted by atomic mass is 32.2. The molecular formula is C12H14F2N2O2S. The maximum absolute atomic E-state index is 13.6. The summed E-state index contributed by atoms with van der Waals surface area (Å²) in [6.07, 6.45) is 1.81. The van der Waals surface area contributed by atoms with Gasteiger partial charge in [-0.1, -0.05) is 0 Å². The van der Waals surface area contributed by atoms with Crippen LogP contribution in [0.1, 0.15) is 12.8 Å². The molecule has 0 aromatic heterocycles. The molecule has 1 aliphatic heterocycles. The van der Waals surface area contributed by atoms with Gasteiger partial charge in [0.25, 0.3) is 0 Å². The van der Waals surface area contributed by atoms with E-state index < -0.39 is 33.1 Å². The van der Waals surface area contributed by atoms with Gasteiger partial charge in [-0.15, -0.1) is 0 Å². The first-order valence-electron chi connectivity index (χ1n) is 5.89. The van der Waals surface area contributed by atoms with Crippen LogP contribution in [0, 0.1) is 11.6 Å². The monoisotopic (exact) mass is 288 g/mol. The number of likely N-dealkylation sites (tertiary alicyclic amines) is 1. The second-order valence-electron chi connectivity index (χ2n) is 4.39. The third-order valence-corrected chi connectivity index (χ3v) is 4.32. The zero-order valence-electron chi connectivity index (χ0n) is 10.2. The summed E-state index contributed by atoms with van der Waals surface area (Å²) < 4.78 is 39.0. The van der Waals surface area contributed by atoms with E-state index in [1.807, 2.05) is 0 Å². The number of halogens is 2. The lowest BCUT2D eigenvalue weighted by Gasteiger charge is -2.15. The minimum Gasteiger partial charge on any atom is -0.399 e. The van der Waals surface area contributed by atoms with Crippen LogP contribution in [-0.4, -0.2) is 33.9 Å². The Balaban J connectivity index is 2.14. The molecule has 0 spiro atoms. The molecule has 104 valence electrons. The highest BCUT2D eigenvalue weighted by Gasteiger charge is 2.24. The van der Waals surface area contributed by atoms with E-state index in [9.17, 15) is 17.8 Å². The molecule has 2 N–H and O–H groups in total. The fraction of sp³-hybridized carbons (Fsp3) is 0.417. The number of carbonyl (C=O) groups excluding carboxylic acids is 1. The molecule has 19 heavy (non-hydrogen) atoms. The summed E-state index contributed by atoms with van der Waals surface area (Å²) in [5.74, 6) is -2.71. The fourth-order valence-corrected chi connectivity index (χ4v) is 3.14. The lowest BCUT2D eigenvalue weighted by molar-refractivity contribution is -0.127. The Hall–Kier alpha value is -1.50. The van der Waals surface area contributed by atoms with Crippen LogP contribution in [0.3, 0.4) is 0 Å². The quantitative estimate of drug-likeness (QED) is 0.852. The molecule has 7 heteroatoms. The Morgan fingerprint density at radius 2 is 1.79 bits per heavy atom. The van der Waals surface area contributed by atoms with Gasteiger partial charge in [0.05, 0.1) is 10.8 Å². The molecule has 1 fully saturated rings. The normalized spacial score (nSPS) is 16.6. The standard InChI is InChI=1S/C12H14F2N2O2S/c13-9-5-8(15)6-10(14)12(9)19(18)7-11(17)16-3-1-2-4-16/h5-6H,1-4,7,15H2. The number of carbonyl (C=O) groups is 1. The van der Waals surface area contributed by atoms with Gasteiger partial charge >= 0.3 is 0 Å². The van der Waals surface area contributed by atoms with Crippen molar-refractivity contribution >= 4 is 22.4 Å². The number of nitrogens with zero attached hydrogens (tertiary/aromatic N) is 1. The number of nitrogen functional groups attached to an aromatic ring is 1. The SMILES string of the molecule is Nc1cc(F)c(S(=O)CC(=O)N2CCCC2)c(F)c1. The Morgan fingerprint density at radius 3 is 2.32 bits per heavy atom. The Kier molecular flexibility index (Phi) is 4.14. The van der Waals surface area contributed by atoms with E-state index in [-0.39, 0.29) is 11.6 Å². The first kappa shape index (κ1) is 13.9. The van der Waals surface area contributed by atoms with Crippen molar-refractivity contribution in [3.8, 4) is 0 Å². The average molecular weight is 288 g/mol. The molecule has 0 aliphatic carbocycles. The van der Waals surface area contributed by atoms with Crippen molar-refractivity contribution < 1.29 is 17.8 Å². The summed E-state index contributed by atoms with van der Waals surface area (Å²) in [4.78, 5) is 12.8. The van der Waals surface area contributed by atoms with Crippen molar-refractivity contribution in [3.63, 3.8) is 0 Å². The molecule has 0 bridgehead atoms. The lowest BCUT2D eigenvalue weighted by atomic mass is 10.3. The lowest BCUT2D eigenvalue weighted by Crippen LogP contribution is -2.32. The summed E-state index contributed by atoms with van der Waals surface area (Å²) in [7, 11) is -2.04. The molecule has 1 atom stereocenters. The first-order valence-corrected chi connectivity index (χ1v) is 7.21. The average Bonchev–Trinajstić information content (AvgIpc) is 2.80. The van der Waals surface area contributed by atoms with Gasteiger partial charge in [0, 0.05) is 18.8 Å². The van der Waals surface area contributed by atoms with Crippen LogP contribution in [0.25, 0.3) is 0 Å². The van der Waals surface area contributed by atoms with Crippen LogP contribution in [0.5, 0.6) is 0 Å². The van der Waals surface area contributed by atoms with Gasteiger partial charge in [0.15, 0.2) is 0 Å². The van der Waals surface area contributed by atoms with Crippen molar-refractivity contribution in [1.82, 2.24) is 4.90 Å². The van der Waals surface area contributed by atoms with Crippen molar-refractivity contribution in [1.29, 1.82) is 0 Å². The second-order valence-corrected chi connectivity index (χ2v) is 5.78. The molecular weight excluding hydrogens is 274 g/mol. The van der Waals surface area contributed by atoms with E-state index in [0.29, 0.717) is 13.1 Å². The number of amides is 1. The van der Waals surface area contributed by atoms with Crippen LogP contribution in [0.2, 0.25) is 0 Å². The van der Waals surface area contributed by atoms with Crippen LogP contribution >= 0.6 is 0 Å². The minimum absolute atomic E-state index is 0.0818. The minimum atomic E-state index is -2.04. The number of hydrogen-bond donors (Lipinski definition) is 1. The van der Waals surface area contributed by atoms with E-state index in [0.717, 1.165) is 25.0 Å². The molecule has 1 saturated heterocycles. The molecule has 1 aromatic rings. The van der Waals surface area contributed by atoms with E-state index in [1.54, 1.807) is 4.90 Å². The van der Waals surface area contributed by atoms with Gasteiger partial charge < -0.3 is 10.6 Å². The topological polar surface area (TPSA) is 63.4 Å². The summed E-state index contributed by atoms with van der Waals surface area (Å²) >= 11 is 0. The molecule has 0 saturated carbocycles. The van der Waals surface area contributed by atoms with Crippen LogP contribution in [0.4, 0.5) is 14.5 Å². The highest BCUT2D eigenvalue weighted by Crippen LogP contribution is 2.21. The zero-order valence-corrected chi connectivity index (χ0v) is 11.0. The smallest absolute Gasteiger partial charge is 0.235 e. The zero-order chi connectivity index (χ0) is 14.0. The van der Waals surface area contributed by atoms with E-state index in [1.165, 1.54) is 0 Å². The van der Waals surface area contributed by atoms with Crippen molar-refractivity contribution in [3.05, 3.63) is 23.8 Å². The number of nitrogens with two attached hydrogens (primary N) is 1. The maximum Gasteiger partial charge on any atom is 0.235 e. The predicted molar refractivity (Wildman–Crippen MR) is 67.9 cm³/mol. The maximum atomic E-state index is 13.6. The summed E-state index contributed by atoms with van der Waals surface area (Å²) in [6.45, 7) is 1.23. The molecule has 1 heterocycles. The molecule has 4 nitrogen and oxygen atoms in total. The molecule has 1 aromatic carbocycles. The molecule has 0 radical (unpaired) electrons. The highest BCUT2D eigenvalue weighted by molar-refractivity contribution is 7.85. The molecule has 2 rings (SSSR count). The third-order valence-electron chi connectivity index (χ3n) is 2.96. The van der Waals surface area contributed by atoms with Gasteiger partial charge in [-0.25, -0.2) is 8.78 Å². The van der Waals surface area contributed by atoms with Crippen LogP contribution < -0.4 is 5.73 Å². The Bertz CT molecular complexity index is 507. The van der Waals surface area contributed by atoms with Crippen molar-refractivity contribution in [2.45, 2.75) is 17.7 Å².